The molecule has 1 aliphatic rings. The quantitative estimate of drug-likeness (QED) is 0.733. The second-order valence-electron chi connectivity index (χ2n) is 4.47. The van der Waals surface area contributed by atoms with Crippen molar-refractivity contribution in [1.29, 1.82) is 0 Å². The monoisotopic (exact) mass is 231 g/mol. The second kappa shape index (κ2) is 3.76. The van der Waals surface area contributed by atoms with Crippen molar-refractivity contribution in [3.63, 3.8) is 0 Å². The summed E-state index contributed by atoms with van der Waals surface area (Å²) in [4.78, 5) is 0. The van der Waals surface area contributed by atoms with Gasteiger partial charge in [0.1, 0.15) is 0 Å². The molecule has 0 heterocycles. The summed E-state index contributed by atoms with van der Waals surface area (Å²) in [6.45, 7) is 0. The molecule has 0 saturated heterocycles. The van der Waals surface area contributed by atoms with Crippen molar-refractivity contribution < 1.29 is 0 Å². The molecule has 0 amide bonds. The molecule has 0 aromatic heterocycles. The molecule has 82 valence electrons. The van der Waals surface area contributed by atoms with Gasteiger partial charge in [-0.25, -0.2) is 0 Å². The number of benzene rings is 2. The Morgan fingerprint density at radius 1 is 1.19 bits per heavy atom. The van der Waals surface area contributed by atoms with Gasteiger partial charge in [0.25, 0.3) is 0 Å². The smallest absolute Gasteiger partial charge is 0.0487 e. The molecule has 16 heavy (non-hydrogen) atoms. The first-order valence-electron chi connectivity index (χ1n) is 5.73. The van der Waals surface area contributed by atoms with Gasteiger partial charge in [0.05, 0.1) is 0 Å². The minimum Gasteiger partial charge on any atom is -0.324 e. The van der Waals surface area contributed by atoms with Crippen LogP contribution >= 0.6 is 11.6 Å². The van der Waals surface area contributed by atoms with E-state index in [1.165, 1.54) is 22.9 Å². The lowest BCUT2D eigenvalue weighted by molar-refractivity contribution is 0.573. The SMILES string of the molecule is NC1CCCc2c1cc(Cl)c1ccccc21. The zero-order valence-corrected chi connectivity index (χ0v) is 9.80. The molecule has 0 aliphatic heterocycles. The summed E-state index contributed by atoms with van der Waals surface area (Å²) in [6.07, 6.45) is 3.38. The molecular formula is C14H14ClN. The van der Waals surface area contributed by atoms with E-state index in [9.17, 15) is 0 Å². The summed E-state index contributed by atoms with van der Waals surface area (Å²) in [5.41, 5.74) is 8.79. The van der Waals surface area contributed by atoms with E-state index in [4.69, 9.17) is 17.3 Å². The van der Waals surface area contributed by atoms with E-state index in [0.29, 0.717) is 0 Å². The minimum absolute atomic E-state index is 0.158. The minimum atomic E-state index is 0.158. The van der Waals surface area contributed by atoms with Crippen LogP contribution in [0.3, 0.4) is 0 Å². The zero-order chi connectivity index (χ0) is 11.1. The van der Waals surface area contributed by atoms with Gasteiger partial charge in [0.2, 0.25) is 0 Å². The summed E-state index contributed by atoms with van der Waals surface area (Å²) in [6, 6.07) is 10.5. The molecule has 1 atom stereocenters. The van der Waals surface area contributed by atoms with E-state index in [-0.39, 0.29) is 6.04 Å². The summed E-state index contributed by atoms with van der Waals surface area (Å²) < 4.78 is 0. The zero-order valence-electron chi connectivity index (χ0n) is 9.04. The van der Waals surface area contributed by atoms with E-state index >= 15 is 0 Å². The molecular weight excluding hydrogens is 218 g/mol. The molecule has 0 bridgehead atoms. The normalized spacial score (nSPS) is 19.8. The Balaban J connectivity index is 2.38. The predicted molar refractivity (Wildman–Crippen MR) is 68.8 cm³/mol. The lowest BCUT2D eigenvalue weighted by Crippen LogP contribution is -2.17. The van der Waals surface area contributed by atoms with Crippen LogP contribution in [0, 0.1) is 0 Å². The first kappa shape index (κ1) is 10.1. The van der Waals surface area contributed by atoms with Crippen molar-refractivity contribution >= 4 is 22.4 Å². The summed E-state index contributed by atoms with van der Waals surface area (Å²) in [7, 11) is 0. The van der Waals surface area contributed by atoms with Crippen LogP contribution in [0.4, 0.5) is 0 Å². The number of rotatable bonds is 0. The van der Waals surface area contributed by atoms with Crippen molar-refractivity contribution in [1.82, 2.24) is 0 Å². The molecule has 0 fully saturated rings. The maximum absolute atomic E-state index is 6.30. The number of aryl methyl sites for hydroxylation is 1. The van der Waals surface area contributed by atoms with E-state index < -0.39 is 0 Å². The Hall–Kier alpha value is -1.05. The first-order valence-corrected chi connectivity index (χ1v) is 6.11. The Kier molecular flexibility index (Phi) is 2.38. The summed E-state index contributed by atoms with van der Waals surface area (Å²) >= 11 is 6.30. The Morgan fingerprint density at radius 3 is 2.75 bits per heavy atom. The van der Waals surface area contributed by atoms with E-state index in [0.717, 1.165) is 23.3 Å². The third-order valence-corrected chi connectivity index (χ3v) is 3.79. The fourth-order valence-electron chi connectivity index (χ4n) is 2.68. The lowest BCUT2D eigenvalue weighted by atomic mass is 9.85. The third-order valence-electron chi connectivity index (χ3n) is 3.48. The van der Waals surface area contributed by atoms with Crippen molar-refractivity contribution in [3.8, 4) is 0 Å². The molecule has 2 aromatic carbocycles. The summed E-state index contributed by atoms with van der Waals surface area (Å²) in [5.74, 6) is 0. The first-order chi connectivity index (χ1) is 7.77. The van der Waals surface area contributed by atoms with Gasteiger partial charge in [-0.3, -0.25) is 0 Å². The number of halogens is 1. The number of nitrogens with two attached hydrogens (primary N) is 1. The number of fused-ring (bicyclic) bond motifs is 3. The number of hydrogen-bond acceptors (Lipinski definition) is 1. The topological polar surface area (TPSA) is 26.0 Å². The van der Waals surface area contributed by atoms with Crippen LogP contribution < -0.4 is 5.73 Å². The van der Waals surface area contributed by atoms with Crippen LogP contribution in [0.25, 0.3) is 10.8 Å². The van der Waals surface area contributed by atoms with Gasteiger partial charge in [-0.1, -0.05) is 35.9 Å². The molecule has 0 spiro atoms. The van der Waals surface area contributed by atoms with Crippen molar-refractivity contribution in [3.05, 3.63) is 46.5 Å². The maximum atomic E-state index is 6.30. The average molecular weight is 232 g/mol. The molecule has 1 nitrogen and oxygen atoms in total. The molecule has 2 N–H and O–H groups in total. The van der Waals surface area contributed by atoms with Crippen molar-refractivity contribution in [2.75, 3.05) is 0 Å². The van der Waals surface area contributed by atoms with Crippen LogP contribution in [-0.4, -0.2) is 0 Å². The van der Waals surface area contributed by atoms with E-state index in [2.05, 4.69) is 24.3 Å². The van der Waals surface area contributed by atoms with Gasteiger partial charge in [-0.05, 0) is 41.8 Å². The third kappa shape index (κ3) is 1.43. The van der Waals surface area contributed by atoms with E-state index in [1.807, 2.05) is 6.07 Å². The fraction of sp³-hybridized carbons (Fsp3) is 0.286. The van der Waals surface area contributed by atoms with E-state index in [1.54, 1.807) is 0 Å². The van der Waals surface area contributed by atoms with Crippen LogP contribution in [0.2, 0.25) is 5.02 Å². The molecule has 0 radical (unpaired) electrons. The molecule has 2 aromatic rings. The van der Waals surface area contributed by atoms with Crippen LogP contribution in [0.15, 0.2) is 30.3 Å². The van der Waals surface area contributed by atoms with Crippen LogP contribution in [0.1, 0.15) is 30.0 Å². The van der Waals surface area contributed by atoms with Gasteiger partial charge in [0.15, 0.2) is 0 Å². The predicted octanol–water partition coefficient (Wildman–Crippen LogP) is 3.83. The Morgan fingerprint density at radius 2 is 1.94 bits per heavy atom. The summed E-state index contributed by atoms with van der Waals surface area (Å²) in [5, 5.41) is 3.25. The molecule has 2 heteroatoms. The van der Waals surface area contributed by atoms with Gasteiger partial charge in [0, 0.05) is 16.5 Å². The molecule has 3 rings (SSSR count). The highest BCUT2D eigenvalue weighted by atomic mass is 35.5. The van der Waals surface area contributed by atoms with Crippen LogP contribution in [-0.2, 0) is 6.42 Å². The fourth-order valence-corrected chi connectivity index (χ4v) is 2.96. The van der Waals surface area contributed by atoms with Gasteiger partial charge in [-0.15, -0.1) is 0 Å². The lowest BCUT2D eigenvalue weighted by Gasteiger charge is -2.24. The highest BCUT2D eigenvalue weighted by Crippen LogP contribution is 2.37. The largest absolute Gasteiger partial charge is 0.324 e. The average Bonchev–Trinajstić information content (AvgIpc) is 2.31. The van der Waals surface area contributed by atoms with Gasteiger partial charge < -0.3 is 5.73 Å². The molecule has 1 aliphatic carbocycles. The number of hydrogen-bond donors (Lipinski definition) is 1. The molecule has 1 unspecified atom stereocenters. The van der Waals surface area contributed by atoms with Crippen molar-refractivity contribution in [2.45, 2.75) is 25.3 Å². The van der Waals surface area contributed by atoms with Gasteiger partial charge in [-0.2, -0.15) is 0 Å². The maximum Gasteiger partial charge on any atom is 0.0487 e. The van der Waals surface area contributed by atoms with Crippen LogP contribution in [0.5, 0.6) is 0 Å². The second-order valence-corrected chi connectivity index (χ2v) is 4.88. The van der Waals surface area contributed by atoms with Gasteiger partial charge >= 0.3 is 0 Å². The molecule has 0 saturated carbocycles. The standard InChI is InChI=1S/C14H14ClN/c15-13-8-12-10(6-3-7-14(12)16)9-4-1-2-5-11(9)13/h1-2,4-5,8,14H,3,6-7,16H2. The Labute approximate surface area is 100 Å². The highest BCUT2D eigenvalue weighted by Gasteiger charge is 2.19. The Bertz CT molecular complexity index is 548. The van der Waals surface area contributed by atoms with Crippen molar-refractivity contribution in [2.24, 2.45) is 5.73 Å². The highest BCUT2D eigenvalue weighted by molar-refractivity contribution is 6.35.